The summed E-state index contributed by atoms with van der Waals surface area (Å²) in [5.74, 6) is -1.42. The van der Waals surface area contributed by atoms with Gasteiger partial charge in [0.1, 0.15) is 0 Å². The topological polar surface area (TPSA) is 104 Å². The molecule has 2 N–H and O–H groups in total. The Balaban J connectivity index is 1.99. The fraction of sp³-hybridized carbons (Fsp3) is 0.857. The van der Waals surface area contributed by atoms with Gasteiger partial charge in [-0.3, -0.25) is 4.79 Å². The molecule has 1 unspecified atom stereocenters. The zero-order valence-electron chi connectivity index (χ0n) is 12.8. The van der Waals surface area contributed by atoms with Crippen LogP contribution in [0.15, 0.2) is 0 Å². The van der Waals surface area contributed by atoms with Crippen LogP contribution in [-0.4, -0.2) is 61.1 Å². The van der Waals surface area contributed by atoms with Crippen molar-refractivity contribution >= 4 is 21.8 Å². The van der Waals surface area contributed by atoms with Crippen LogP contribution in [0.25, 0.3) is 0 Å². The standard InChI is InChI=1S/C14H24N2O5S/c1-22(20,21)12-7-3-2-6-11(12)15-14(19)16-8-4-5-10(9-16)13(17)18/h10-12H,2-9H2,1H3,(H,15,19)(H,17,18)/t10?,11-,12-/m1/s1. The number of carboxylic acids is 1. The first-order valence-electron chi connectivity index (χ1n) is 7.76. The normalized spacial score (nSPS) is 29.9. The molecule has 2 rings (SSSR count). The molecule has 1 aliphatic carbocycles. The van der Waals surface area contributed by atoms with Crippen LogP contribution in [0.4, 0.5) is 4.79 Å². The number of hydrogen-bond donors (Lipinski definition) is 2. The molecular weight excluding hydrogens is 308 g/mol. The van der Waals surface area contributed by atoms with Gasteiger partial charge in [0, 0.05) is 25.4 Å². The number of nitrogens with zero attached hydrogens (tertiary/aromatic N) is 1. The molecule has 7 nitrogen and oxygen atoms in total. The number of rotatable bonds is 3. The van der Waals surface area contributed by atoms with E-state index in [1.165, 1.54) is 11.2 Å². The Morgan fingerprint density at radius 2 is 1.82 bits per heavy atom. The van der Waals surface area contributed by atoms with Crippen LogP contribution >= 0.6 is 0 Å². The van der Waals surface area contributed by atoms with Gasteiger partial charge in [0.2, 0.25) is 0 Å². The van der Waals surface area contributed by atoms with Crippen molar-refractivity contribution in [3.63, 3.8) is 0 Å². The summed E-state index contributed by atoms with van der Waals surface area (Å²) in [6.45, 7) is 0.712. The van der Waals surface area contributed by atoms with Crippen molar-refractivity contribution in [2.24, 2.45) is 5.92 Å². The van der Waals surface area contributed by atoms with Crippen molar-refractivity contribution in [3.05, 3.63) is 0 Å². The monoisotopic (exact) mass is 332 g/mol. The van der Waals surface area contributed by atoms with Gasteiger partial charge in [-0.05, 0) is 25.7 Å². The van der Waals surface area contributed by atoms with E-state index in [1.54, 1.807) is 0 Å². The molecule has 2 amide bonds. The summed E-state index contributed by atoms with van der Waals surface area (Å²) in [7, 11) is -3.20. The van der Waals surface area contributed by atoms with E-state index in [4.69, 9.17) is 5.11 Å². The minimum Gasteiger partial charge on any atom is -0.481 e. The molecule has 1 saturated carbocycles. The van der Waals surface area contributed by atoms with Gasteiger partial charge >= 0.3 is 12.0 Å². The number of carbonyl (C=O) groups is 2. The summed E-state index contributed by atoms with van der Waals surface area (Å²) >= 11 is 0. The van der Waals surface area contributed by atoms with Gasteiger partial charge in [-0.15, -0.1) is 0 Å². The molecule has 1 saturated heterocycles. The molecule has 0 radical (unpaired) electrons. The quantitative estimate of drug-likeness (QED) is 0.797. The highest BCUT2D eigenvalue weighted by Gasteiger charge is 2.35. The number of piperidine rings is 1. The zero-order valence-corrected chi connectivity index (χ0v) is 13.6. The number of carboxylic acid groups (broad SMARTS) is 1. The highest BCUT2D eigenvalue weighted by atomic mass is 32.2. The van der Waals surface area contributed by atoms with E-state index in [1.807, 2.05) is 0 Å². The number of carbonyl (C=O) groups excluding carboxylic acids is 1. The molecule has 8 heteroatoms. The van der Waals surface area contributed by atoms with E-state index >= 15 is 0 Å². The van der Waals surface area contributed by atoms with Gasteiger partial charge in [-0.2, -0.15) is 0 Å². The third-order valence-electron chi connectivity index (χ3n) is 4.62. The molecule has 0 bridgehead atoms. The predicted octanol–water partition coefficient (Wildman–Crippen LogP) is 0.848. The highest BCUT2D eigenvalue weighted by molar-refractivity contribution is 7.91. The number of urea groups is 1. The smallest absolute Gasteiger partial charge is 0.317 e. The van der Waals surface area contributed by atoms with Gasteiger partial charge in [-0.1, -0.05) is 12.8 Å². The molecule has 2 fully saturated rings. The van der Waals surface area contributed by atoms with Crippen LogP contribution in [0.2, 0.25) is 0 Å². The SMILES string of the molecule is CS(=O)(=O)[C@@H]1CCCC[C@H]1NC(=O)N1CCCC(C(=O)O)C1. The molecule has 1 heterocycles. The lowest BCUT2D eigenvalue weighted by atomic mass is 9.94. The Bertz CT molecular complexity index is 533. The van der Waals surface area contributed by atoms with E-state index in [2.05, 4.69) is 5.32 Å². The Morgan fingerprint density at radius 1 is 1.14 bits per heavy atom. The van der Waals surface area contributed by atoms with Gasteiger partial charge in [0.25, 0.3) is 0 Å². The maximum atomic E-state index is 12.3. The van der Waals surface area contributed by atoms with Crippen molar-refractivity contribution in [2.45, 2.75) is 49.8 Å². The van der Waals surface area contributed by atoms with Crippen LogP contribution in [0.3, 0.4) is 0 Å². The summed E-state index contributed by atoms with van der Waals surface area (Å²) in [6.07, 6.45) is 5.42. The van der Waals surface area contributed by atoms with E-state index in [9.17, 15) is 18.0 Å². The zero-order chi connectivity index (χ0) is 16.3. The van der Waals surface area contributed by atoms with Crippen molar-refractivity contribution < 1.29 is 23.1 Å². The Labute approximate surface area is 131 Å². The summed E-state index contributed by atoms with van der Waals surface area (Å²) in [5.41, 5.74) is 0. The molecular formula is C14H24N2O5S. The average molecular weight is 332 g/mol. The highest BCUT2D eigenvalue weighted by Crippen LogP contribution is 2.25. The Kier molecular flexibility index (Phi) is 5.31. The first-order valence-corrected chi connectivity index (χ1v) is 9.71. The lowest BCUT2D eigenvalue weighted by Gasteiger charge is -2.35. The van der Waals surface area contributed by atoms with Crippen molar-refractivity contribution in [1.82, 2.24) is 10.2 Å². The Morgan fingerprint density at radius 3 is 2.45 bits per heavy atom. The summed E-state index contributed by atoms with van der Waals surface area (Å²) in [5, 5.41) is 11.4. The van der Waals surface area contributed by atoms with E-state index in [0.717, 1.165) is 12.8 Å². The molecule has 0 aromatic carbocycles. The first kappa shape index (κ1) is 17.1. The van der Waals surface area contributed by atoms with Crippen LogP contribution in [0.5, 0.6) is 0 Å². The van der Waals surface area contributed by atoms with Crippen molar-refractivity contribution in [1.29, 1.82) is 0 Å². The Hall–Kier alpha value is -1.31. The first-order chi connectivity index (χ1) is 10.3. The minimum absolute atomic E-state index is 0.192. The second-order valence-electron chi connectivity index (χ2n) is 6.33. The molecule has 22 heavy (non-hydrogen) atoms. The molecule has 0 aromatic heterocycles. The van der Waals surface area contributed by atoms with Gasteiger partial charge in [0.15, 0.2) is 9.84 Å². The largest absolute Gasteiger partial charge is 0.481 e. The third-order valence-corrected chi connectivity index (χ3v) is 6.28. The maximum absolute atomic E-state index is 12.3. The lowest BCUT2D eigenvalue weighted by molar-refractivity contribution is -0.143. The van der Waals surface area contributed by atoms with Gasteiger partial charge < -0.3 is 15.3 Å². The summed E-state index contributed by atoms with van der Waals surface area (Å²) in [6, 6.07) is -0.715. The van der Waals surface area contributed by atoms with E-state index in [0.29, 0.717) is 32.2 Å². The summed E-state index contributed by atoms with van der Waals surface area (Å²) < 4.78 is 23.7. The second kappa shape index (κ2) is 6.85. The molecule has 1 aliphatic heterocycles. The number of sulfone groups is 1. The predicted molar refractivity (Wildman–Crippen MR) is 81.4 cm³/mol. The van der Waals surface area contributed by atoms with Crippen LogP contribution < -0.4 is 5.32 Å². The number of likely N-dealkylation sites (tertiary alicyclic amines) is 1. The fourth-order valence-electron chi connectivity index (χ4n) is 3.39. The van der Waals surface area contributed by atoms with E-state index < -0.39 is 27.0 Å². The molecule has 3 atom stereocenters. The van der Waals surface area contributed by atoms with Gasteiger partial charge in [-0.25, -0.2) is 13.2 Å². The fourth-order valence-corrected chi connectivity index (χ4v) is 4.78. The molecule has 126 valence electrons. The van der Waals surface area contributed by atoms with E-state index in [-0.39, 0.29) is 18.6 Å². The maximum Gasteiger partial charge on any atom is 0.317 e. The summed E-state index contributed by atoms with van der Waals surface area (Å²) in [4.78, 5) is 24.9. The van der Waals surface area contributed by atoms with Crippen molar-refractivity contribution in [3.8, 4) is 0 Å². The number of nitrogens with one attached hydrogen (secondary N) is 1. The third kappa shape index (κ3) is 4.12. The average Bonchev–Trinajstić information content (AvgIpc) is 2.46. The van der Waals surface area contributed by atoms with Gasteiger partial charge in [0.05, 0.1) is 11.2 Å². The minimum atomic E-state index is -3.20. The van der Waals surface area contributed by atoms with Crippen LogP contribution in [0.1, 0.15) is 38.5 Å². The number of aliphatic carboxylic acids is 1. The van der Waals surface area contributed by atoms with Crippen LogP contribution in [-0.2, 0) is 14.6 Å². The second-order valence-corrected chi connectivity index (χ2v) is 8.60. The lowest BCUT2D eigenvalue weighted by Crippen LogP contribution is -2.54. The molecule has 0 spiro atoms. The number of amides is 2. The van der Waals surface area contributed by atoms with Crippen molar-refractivity contribution in [2.75, 3.05) is 19.3 Å². The van der Waals surface area contributed by atoms with Crippen LogP contribution in [0, 0.1) is 5.92 Å². The number of hydrogen-bond acceptors (Lipinski definition) is 4. The molecule has 0 aromatic rings. The molecule has 2 aliphatic rings.